The molecule has 2 rings (SSSR count). The van der Waals surface area contributed by atoms with Crippen LogP contribution in [-0.2, 0) is 28.7 Å². The minimum Gasteiger partial charge on any atom is -0.480 e. The summed E-state index contributed by atoms with van der Waals surface area (Å²) in [5.74, 6) is -2.44. The van der Waals surface area contributed by atoms with Crippen LogP contribution in [0.1, 0.15) is 52.9 Å². The van der Waals surface area contributed by atoms with Gasteiger partial charge in [-0.15, -0.1) is 11.8 Å². The van der Waals surface area contributed by atoms with E-state index in [2.05, 4.69) is 0 Å². The Kier molecular flexibility index (Phi) is 6.54. The van der Waals surface area contributed by atoms with Gasteiger partial charge in [-0.2, -0.15) is 0 Å². The normalized spacial score (nSPS) is 28.1. The van der Waals surface area contributed by atoms with Crippen molar-refractivity contribution in [3.05, 3.63) is 0 Å². The maximum atomic E-state index is 12.1. The number of esters is 2. The van der Waals surface area contributed by atoms with Gasteiger partial charge in [0.15, 0.2) is 6.04 Å². The molecule has 0 spiro atoms. The van der Waals surface area contributed by atoms with Crippen LogP contribution in [0.5, 0.6) is 0 Å². The van der Waals surface area contributed by atoms with Crippen LogP contribution in [-0.4, -0.2) is 62.7 Å². The minimum absolute atomic E-state index is 0.230. The van der Waals surface area contributed by atoms with Crippen molar-refractivity contribution in [3.8, 4) is 0 Å². The fraction of sp³-hybridized carbons (Fsp3) is 0.765. The molecule has 0 bridgehead atoms. The molecule has 26 heavy (non-hydrogen) atoms. The van der Waals surface area contributed by atoms with Gasteiger partial charge in [0, 0.05) is 13.3 Å². The van der Waals surface area contributed by atoms with Crippen LogP contribution in [0.2, 0.25) is 0 Å². The standard InChI is InChI=1S/C17H25NO7S/c1-4-5-6-7-14(21)25-10(2)17(9-24-11(3)19)15(16(22)23)18-12(20)8-13(18)26-17/h10,13,15H,4-9H2,1-3H3,(H,22,23)/t10?,13-,15+,17-/m1/s1. The number of β-lactam (4-membered cyclic amide) rings is 1. The lowest BCUT2D eigenvalue weighted by Crippen LogP contribution is -2.62. The van der Waals surface area contributed by atoms with E-state index < -0.39 is 34.8 Å². The molecule has 1 N–H and O–H groups in total. The number of hydrogen-bond donors (Lipinski definition) is 1. The molecule has 0 saturated carbocycles. The van der Waals surface area contributed by atoms with Crippen molar-refractivity contribution >= 4 is 35.6 Å². The molecular formula is C17H25NO7S. The van der Waals surface area contributed by atoms with Crippen LogP contribution in [0.4, 0.5) is 0 Å². The summed E-state index contributed by atoms with van der Waals surface area (Å²) in [5.41, 5.74) is 0. The number of ether oxygens (including phenoxy) is 2. The highest BCUT2D eigenvalue weighted by Gasteiger charge is 2.66. The zero-order chi connectivity index (χ0) is 19.5. The Hall–Kier alpha value is -1.77. The number of rotatable bonds is 9. The molecule has 0 aliphatic carbocycles. The summed E-state index contributed by atoms with van der Waals surface area (Å²) >= 11 is 1.24. The first-order valence-corrected chi connectivity index (χ1v) is 9.65. The summed E-state index contributed by atoms with van der Waals surface area (Å²) in [5, 5.41) is 9.42. The van der Waals surface area contributed by atoms with Gasteiger partial charge in [-0.05, 0) is 13.3 Å². The summed E-state index contributed by atoms with van der Waals surface area (Å²) in [6.45, 7) is 4.61. The largest absolute Gasteiger partial charge is 0.480 e. The van der Waals surface area contributed by atoms with E-state index in [0.29, 0.717) is 6.42 Å². The lowest BCUT2D eigenvalue weighted by molar-refractivity contribution is -0.165. The Balaban J connectivity index is 2.21. The average Bonchev–Trinajstić information content (AvgIpc) is 2.83. The van der Waals surface area contributed by atoms with E-state index in [-0.39, 0.29) is 30.7 Å². The highest BCUT2D eigenvalue weighted by atomic mass is 32.2. The van der Waals surface area contributed by atoms with E-state index in [4.69, 9.17) is 9.47 Å². The third-order valence-corrected chi connectivity index (χ3v) is 6.54. The third kappa shape index (κ3) is 3.97. The van der Waals surface area contributed by atoms with Crippen LogP contribution in [0.25, 0.3) is 0 Å². The Morgan fingerprint density at radius 1 is 1.38 bits per heavy atom. The zero-order valence-corrected chi connectivity index (χ0v) is 16.0. The minimum atomic E-state index is -1.23. The third-order valence-electron chi connectivity index (χ3n) is 4.76. The number of nitrogens with zero attached hydrogens (tertiary/aromatic N) is 1. The molecule has 2 fully saturated rings. The van der Waals surface area contributed by atoms with E-state index in [0.717, 1.165) is 12.8 Å². The lowest BCUT2D eigenvalue weighted by Gasteiger charge is -2.39. The number of carboxylic acid groups (broad SMARTS) is 1. The van der Waals surface area contributed by atoms with Crippen LogP contribution < -0.4 is 0 Å². The van der Waals surface area contributed by atoms with Crippen molar-refractivity contribution in [2.24, 2.45) is 0 Å². The van der Waals surface area contributed by atoms with E-state index >= 15 is 0 Å². The molecule has 2 aliphatic heterocycles. The number of amides is 1. The molecule has 2 heterocycles. The Bertz CT molecular complexity index is 596. The molecule has 2 aliphatic rings. The molecule has 4 atom stereocenters. The first-order valence-electron chi connectivity index (χ1n) is 8.77. The lowest BCUT2D eigenvalue weighted by atomic mass is 9.90. The smallest absolute Gasteiger partial charge is 0.328 e. The maximum absolute atomic E-state index is 12.1. The molecule has 0 aromatic carbocycles. The number of aliphatic carboxylic acids is 1. The summed E-state index contributed by atoms with van der Waals surface area (Å²) in [4.78, 5) is 48.5. The quantitative estimate of drug-likeness (QED) is 0.360. The summed E-state index contributed by atoms with van der Waals surface area (Å²) in [7, 11) is 0. The SMILES string of the molecule is CCCCCC(=O)OC(C)[C@@]1(COC(C)=O)S[C@@H]2CC(=O)N2[C@H]1C(=O)O. The number of thioether (sulfide) groups is 1. The summed E-state index contributed by atoms with van der Waals surface area (Å²) in [6.07, 6.45) is 2.21. The van der Waals surface area contributed by atoms with Crippen molar-refractivity contribution in [2.45, 2.75) is 75.1 Å². The van der Waals surface area contributed by atoms with E-state index in [1.54, 1.807) is 6.92 Å². The van der Waals surface area contributed by atoms with E-state index in [9.17, 15) is 24.3 Å². The highest BCUT2D eigenvalue weighted by molar-refractivity contribution is 8.01. The Morgan fingerprint density at radius 3 is 2.62 bits per heavy atom. The van der Waals surface area contributed by atoms with Gasteiger partial charge in [0.05, 0.1) is 11.8 Å². The van der Waals surface area contributed by atoms with Gasteiger partial charge < -0.3 is 19.5 Å². The van der Waals surface area contributed by atoms with Crippen LogP contribution in [0.15, 0.2) is 0 Å². The number of unbranched alkanes of at least 4 members (excludes halogenated alkanes) is 2. The molecular weight excluding hydrogens is 362 g/mol. The molecule has 0 aromatic heterocycles. The number of carboxylic acids is 1. The number of hydrogen-bond acceptors (Lipinski definition) is 7. The first-order chi connectivity index (χ1) is 12.2. The maximum Gasteiger partial charge on any atom is 0.328 e. The molecule has 1 unspecified atom stereocenters. The van der Waals surface area contributed by atoms with Gasteiger partial charge in [0.1, 0.15) is 17.5 Å². The van der Waals surface area contributed by atoms with Crippen molar-refractivity contribution < 1.29 is 33.8 Å². The molecule has 2 saturated heterocycles. The van der Waals surface area contributed by atoms with Gasteiger partial charge >= 0.3 is 17.9 Å². The van der Waals surface area contributed by atoms with Gasteiger partial charge in [0.25, 0.3) is 0 Å². The second-order valence-corrected chi connectivity index (χ2v) is 8.18. The van der Waals surface area contributed by atoms with Crippen molar-refractivity contribution in [1.29, 1.82) is 0 Å². The predicted octanol–water partition coefficient (Wildman–Crippen LogP) is 1.56. The van der Waals surface area contributed by atoms with Gasteiger partial charge in [-0.25, -0.2) is 4.79 Å². The Labute approximate surface area is 156 Å². The molecule has 9 heteroatoms. The van der Waals surface area contributed by atoms with Crippen LogP contribution in [0, 0.1) is 0 Å². The van der Waals surface area contributed by atoms with Gasteiger partial charge in [0.2, 0.25) is 5.91 Å². The first kappa shape index (κ1) is 20.5. The fourth-order valence-electron chi connectivity index (χ4n) is 3.33. The zero-order valence-electron chi connectivity index (χ0n) is 15.2. The van der Waals surface area contributed by atoms with Crippen molar-refractivity contribution in [3.63, 3.8) is 0 Å². The van der Waals surface area contributed by atoms with Gasteiger partial charge in [-0.3, -0.25) is 14.4 Å². The Morgan fingerprint density at radius 2 is 2.08 bits per heavy atom. The molecule has 146 valence electrons. The van der Waals surface area contributed by atoms with Crippen LogP contribution in [0.3, 0.4) is 0 Å². The monoisotopic (exact) mass is 387 g/mol. The molecule has 1 amide bonds. The molecule has 0 radical (unpaired) electrons. The number of carbonyl (C=O) groups is 4. The topological polar surface area (TPSA) is 110 Å². The fourth-order valence-corrected chi connectivity index (χ4v) is 5.12. The predicted molar refractivity (Wildman–Crippen MR) is 93.3 cm³/mol. The molecule has 8 nitrogen and oxygen atoms in total. The summed E-state index contributed by atoms with van der Waals surface area (Å²) < 4.78 is 9.39. The van der Waals surface area contributed by atoms with E-state index in [1.165, 1.54) is 23.6 Å². The van der Waals surface area contributed by atoms with Crippen molar-refractivity contribution in [2.75, 3.05) is 6.61 Å². The van der Waals surface area contributed by atoms with E-state index in [1.807, 2.05) is 6.92 Å². The van der Waals surface area contributed by atoms with Crippen LogP contribution >= 0.6 is 11.8 Å². The second kappa shape index (κ2) is 8.28. The highest BCUT2D eigenvalue weighted by Crippen LogP contribution is 2.53. The summed E-state index contributed by atoms with van der Waals surface area (Å²) in [6, 6.07) is -1.21. The molecule has 0 aromatic rings. The number of fused-ring (bicyclic) bond motifs is 1. The van der Waals surface area contributed by atoms with Crippen molar-refractivity contribution in [1.82, 2.24) is 4.90 Å². The number of carbonyl (C=O) groups excluding carboxylic acids is 3. The van der Waals surface area contributed by atoms with Gasteiger partial charge in [-0.1, -0.05) is 19.8 Å². The second-order valence-electron chi connectivity index (χ2n) is 6.64. The average molecular weight is 387 g/mol.